The van der Waals surface area contributed by atoms with Gasteiger partial charge in [0.1, 0.15) is 6.61 Å². The highest BCUT2D eigenvalue weighted by Crippen LogP contribution is 2.23. The fraction of sp³-hybridized carbons (Fsp3) is 0.300. The van der Waals surface area contributed by atoms with E-state index in [0.29, 0.717) is 0 Å². The molecule has 1 rings (SSSR count). The van der Waals surface area contributed by atoms with E-state index in [1.54, 1.807) is 12.1 Å². The predicted molar refractivity (Wildman–Crippen MR) is 51.6 cm³/mol. The number of aliphatic hydroxyl groups is 1. The molecule has 15 heavy (non-hydrogen) atoms. The van der Waals surface area contributed by atoms with Gasteiger partial charge in [-0.2, -0.15) is 0 Å². The summed E-state index contributed by atoms with van der Waals surface area (Å²) in [5.41, 5.74) is 0. The molecular formula is C10H12O5. The van der Waals surface area contributed by atoms with Crippen molar-refractivity contribution >= 4 is 5.97 Å². The van der Waals surface area contributed by atoms with E-state index in [2.05, 4.69) is 4.74 Å². The maximum absolute atomic E-state index is 10.9. The van der Waals surface area contributed by atoms with Gasteiger partial charge in [-0.1, -0.05) is 12.1 Å². The highest BCUT2D eigenvalue weighted by atomic mass is 16.6. The van der Waals surface area contributed by atoms with Crippen molar-refractivity contribution in [1.82, 2.24) is 0 Å². The second-order valence-electron chi connectivity index (χ2n) is 2.70. The van der Waals surface area contributed by atoms with Crippen LogP contribution in [0.25, 0.3) is 0 Å². The van der Waals surface area contributed by atoms with Crippen LogP contribution in [0.2, 0.25) is 0 Å². The molecule has 0 atom stereocenters. The van der Waals surface area contributed by atoms with Crippen molar-refractivity contribution in [3.05, 3.63) is 24.3 Å². The summed E-state index contributed by atoms with van der Waals surface area (Å²) in [4.78, 5) is 10.9. The Hall–Kier alpha value is -1.75. The Morgan fingerprint density at radius 2 is 2.07 bits per heavy atom. The van der Waals surface area contributed by atoms with Gasteiger partial charge in [-0.25, -0.2) is 4.79 Å². The average Bonchev–Trinajstić information content (AvgIpc) is 2.25. The highest BCUT2D eigenvalue weighted by molar-refractivity contribution is 5.71. The summed E-state index contributed by atoms with van der Waals surface area (Å²) in [5, 5.41) is 17.7. The Labute approximate surface area is 86.9 Å². The molecule has 0 bridgehead atoms. The van der Waals surface area contributed by atoms with Crippen LogP contribution in [0.1, 0.15) is 0 Å². The first-order chi connectivity index (χ1) is 7.24. The Morgan fingerprint density at radius 1 is 1.33 bits per heavy atom. The molecule has 0 aliphatic heterocycles. The van der Waals surface area contributed by atoms with Crippen LogP contribution in [0.4, 0.5) is 0 Å². The Bertz CT molecular complexity index is 323. The molecule has 0 heterocycles. The third kappa shape index (κ3) is 3.86. The summed E-state index contributed by atoms with van der Waals surface area (Å²) < 4.78 is 9.55. The molecule has 0 radical (unpaired) electrons. The third-order valence-corrected chi connectivity index (χ3v) is 1.57. The molecule has 5 nitrogen and oxygen atoms in total. The van der Waals surface area contributed by atoms with E-state index in [1.165, 1.54) is 12.1 Å². The average molecular weight is 212 g/mol. The van der Waals surface area contributed by atoms with Crippen LogP contribution in [0.15, 0.2) is 24.3 Å². The van der Waals surface area contributed by atoms with Crippen molar-refractivity contribution < 1.29 is 24.5 Å². The fourth-order valence-corrected chi connectivity index (χ4v) is 0.917. The van der Waals surface area contributed by atoms with Crippen molar-refractivity contribution in [3.63, 3.8) is 0 Å². The number of phenols is 1. The van der Waals surface area contributed by atoms with Crippen LogP contribution in [-0.4, -0.2) is 36.0 Å². The largest absolute Gasteiger partial charge is 0.504 e. The van der Waals surface area contributed by atoms with Crippen molar-refractivity contribution in [3.8, 4) is 11.5 Å². The van der Waals surface area contributed by atoms with Crippen molar-refractivity contribution in [2.75, 3.05) is 19.8 Å². The quantitative estimate of drug-likeness (QED) is 0.687. The van der Waals surface area contributed by atoms with Gasteiger partial charge in [-0.05, 0) is 12.1 Å². The Kier molecular flexibility index (Phi) is 4.43. The van der Waals surface area contributed by atoms with Gasteiger partial charge in [0.2, 0.25) is 0 Å². The van der Waals surface area contributed by atoms with Gasteiger partial charge in [0.05, 0.1) is 6.61 Å². The van der Waals surface area contributed by atoms with Crippen molar-refractivity contribution in [2.45, 2.75) is 0 Å². The van der Waals surface area contributed by atoms with Gasteiger partial charge in [-0.15, -0.1) is 0 Å². The molecule has 0 fully saturated rings. The van der Waals surface area contributed by atoms with Crippen LogP contribution < -0.4 is 4.74 Å². The molecule has 0 spiro atoms. The number of carbonyl (C=O) groups excluding carboxylic acids is 1. The number of esters is 1. The van der Waals surface area contributed by atoms with Gasteiger partial charge in [0.15, 0.2) is 18.1 Å². The number of aliphatic hydroxyl groups excluding tert-OH is 1. The predicted octanol–water partition coefficient (Wildman–Crippen LogP) is 0.306. The van der Waals surface area contributed by atoms with E-state index >= 15 is 0 Å². The van der Waals surface area contributed by atoms with E-state index in [0.717, 1.165) is 0 Å². The van der Waals surface area contributed by atoms with E-state index < -0.39 is 5.97 Å². The minimum atomic E-state index is -0.590. The zero-order chi connectivity index (χ0) is 11.1. The molecule has 0 aromatic heterocycles. The molecule has 0 unspecified atom stereocenters. The smallest absolute Gasteiger partial charge is 0.344 e. The minimum absolute atomic E-state index is 0.0348. The standard InChI is InChI=1S/C10H12O5/c11-5-6-14-10(13)7-15-9-4-2-1-3-8(9)12/h1-4,11-12H,5-7H2. The molecule has 0 aliphatic carbocycles. The lowest BCUT2D eigenvalue weighted by Crippen LogP contribution is -2.16. The SMILES string of the molecule is O=C(COc1ccccc1O)OCCO. The maximum atomic E-state index is 10.9. The molecule has 1 aromatic carbocycles. The van der Waals surface area contributed by atoms with Gasteiger partial charge in [-0.3, -0.25) is 0 Å². The van der Waals surface area contributed by atoms with Gasteiger partial charge in [0, 0.05) is 0 Å². The maximum Gasteiger partial charge on any atom is 0.344 e. The lowest BCUT2D eigenvalue weighted by Gasteiger charge is -2.06. The highest BCUT2D eigenvalue weighted by Gasteiger charge is 2.05. The first kappa shape index (κ1) is 11.3. The number of ether oxygens (including phenoxy) is 2. The number of hydrogen-bond donors (Lipinski definition) is 2. The van der Waals surface area contributed by atoms with Crippen LogP contribution in [-0.2, 0) is 9.53 Å². The zero-order valence-electron chi connectivity index (χ0n) is 8.05. The number of benzene rings is 1. The number of rotatable bonds is 5. The van der Waals surface area contributed by atoms with E-state index in [1.807, 2.05) is 0 Å². The molecule has 5 heteroatoms. The first-order valence-corrected chi connectivity index (χ1v) is 4.41. The van der Waals surface area contributed by atoms with E-state index in [9.17, 15) is 9.90 Å². The summed E-state index contributed by atoms with van der Waals surface area (Å²) >= 11 is 0. The van der Waals surface area contributed by atoms with Crippen molar-refractivity contribution in [1.29, 1.82) is 0 Å². The molecule has 0 saturated carbocycles. The zero-order valence-corrected chi connectivity index (χ0v) is 8.05. The minimum Gasteiger partial charge on any atom is -0.504 e. The van der Waals surface area contributed by atoms with E-state index in [4.69, 9.17) is 9.84 Å². The normalized spacial score (nSPS) is 9.67. The summed E-state index contributed by atoms with van der Waals surface area (Å²) in [7, 11) is 0. The van der Waals surface area contributed by atoms with Gasteiger partial charge < -0.3 is 19.7 Å². The second-order valence-corrected chi connectivity index (χ2v) is 2.70. The molecular weight excluding hydrogens is 200 g/mol. The third-order valence-electron chi connectivity index (χ3n) is 1.57. The lowest BCUT2D eigenvalue weighted by molar-refractivity contribution is -0.146. The monoisotopic (exact) mass is 212 g/mol. The Balaban J connectivity index is 2.37. The topological polar surface area (TPSA) is 76.0 Å². The Morgan fingerprint density at radius 3 is 2.73 bits per heavy atom. The summed E-state index contributed by atoms with van der Waals surface area (Å²) in [5.74, 6) is -0.404. The molecule has 82 valence electrons. The fourth-order valence-electron chi connectivity index (χ4n) is 0.917. The summed E-state index contributed by atoms with van der Waals surface area (Å²) in [6.45, 7) is -0.567. The number of phenolic OH excluding ortho intramolecular Hbond substituents is 1. The van der Waals surface area contributed by atoms with Crippen LogP contribution >= 0.6 is 0 Å². The van der Waals surface area contributed by atoms with Gasteiger partial charge >= 0.3 is 5.97 Å². The second kappa shape index (κ2) is 5.87. The number of aromatic hydroxyl groups is 1. The number of carbonyl (C=O) groups is 1. The van der Waals surface area contributed by atoms with Crippen LogP contribution in [0.5, 0.6) is 11.5 Å². The number of hydrogen-bond acceptors (Lipinski definition) is 5. The van der Waals surface area contributed by atoms with E-state index in [-0.39, 0.29) is 31.3 Å². The molecule has 0 amide bonds. The molecule has 0 aliphatic rings. The van der Waals surface area contributed by atoms with Crippen LogP contribution in [0.3, 0.4) is 0 Å². The summed E-state index contributed by atoms with van der Waals surface area (Å²) in [6.07, 6.45) is 0. The molecule has 0 saturated heterocycles. The van der Waals surface area contributed by atoms with Crippen molar-refractivity contribution in [2.24, 2.45) is 0 Å². The lowest BCUT2D eigenvalue weighted by atomic mass is 10.3. The van der Waals surface area contributed by atoms with Crippen LogP contribution in [0, 0.1) is 0 Å². The first-order valence-electron chi connectivity index (χ1n) is 4.41. The molecule has 1 aromatic rings. The summed E-state index contributed by atoms with van der Waals surface area (Å²) in [6, 6.07) is 6.31. The van der Waals surface area contributed by atoms with Gasteiger partial charge in [0.25, 0.3) is 0 Å². The molecule has 2 N–H and O–H groups in total. The number of para-hydroxylation sites is 2.